The van der Waals surface area contributed by atoms with Gasteiger partial charge in [0.25, 0.3) is 10.0 Å². The van der Waals surface area contributed by atoms with Gasteiger partial charge in [0.2, 0.25) is 0 Å². The molecule has 0 saturated carbocycles. The molecule has 8 heteroatoms. The van der Waals surface area contributed by atoms with Crippen molar-refractivity contribution in [1.29, 1.82) is 0 Å². The first kappa shape index (κ1) is 22.0. The predicted octanol–water partition coefficient (Wildman–Crippen LogP) is 3.93. The van der Waals surface area contributed by atoms with Gasteiger partial charge < -0.3 is 4.74 Å². The number of hydrogen-bond acceptors (Lipinski definition) is 6. The van der Waals surface area contributed by atoms with Crippen LogP contribution >= 0.6 is 0 Å². The molecule has 2 heterocycles. The summed E-state index contributed by atoms with van der Waals surface area (Å²) in [5.74, 6) is 5.37. The molecule has 4 aromatic rings. The third kappa shape index (κ3) is 4.68. The highest BCUT2D eigenvalue weighted by Gasteiger charge is 2.22. The topological polar surface area (TPSA) is 98.2 Å². The van der Waals surface area contributed by atoms with Crippen LogP contribution in [0.4, 0.5) is 5.69 Å². The van der Waals surface area contributed by atoms with Crippen molar-refractivity contribution < 1.29 is 17.9 Å². The van der Waals surface area contributed by atoms with Crippen LogP contribution in [0.25, 0.3) is 10.9 Å². The minimum absolute atomic E-state index is 0.131. The Balaban J connectivity index is 1.68. The maximum atomic E-state index is 13.3. The normalized spacial score (nSPS) is 10.8. The monoisotopic (exact) mass is 457 g/mol. The van der Waals surface area contributed by atoms with Gasteiger partial charge in [0.15, 0.2) is 0 Å². The van der Waals surface area contributed by atoms with Crippen LogP contribution in [0.15, 0.2) is 78.0 Å². The zero-order chi connectivity index (χ0) is 23.4. The summed E-state index contributed by atoms with van der Waals surface area (Å²) in [5.41, 5.74) is 2.57. The number of esters is 1. The van der Waals surface area contributed by atoms with Crippen LogP contribution in [0.3, 0.4) is 0 Å². The van der Waals surface area contributed by atoms with Gasteiger partial charge in [0.05, 0.1) is 18.3 Å². The van der Waals surface area contributed by atoms with E-state index in [0.29, 0.717) is 27.9 Å². The molecule has 0 amide bonds. The summed E-state index contributed by atoms with van der Waals surface area (Å²) in [7, 11) is -2.65. The number of sulfonamides is 1. The number of fused-ring (bicyclic) bond motifs is 1. The molecule has 0 saturated heterocycles. The average molecular weight is 458 g/mol. The summed E-state index contributed by atoms with van der Waals surface area (Å²) in [4.78, 5) is 20.0. The molecule has 0 unspecified atom stereocenters. The van der Waals surface area contributed by atoms with Gasteiger partial charge in [-0.05, 0) is 42.8 Å². The Labute approximate surface area is 191 Å². The lowest BCUT2D eigenvalue weighted by Crippen LogP contribution is -2.16. The second-order valence-electron chi connectivity index (χ2n) is 7.11. The van der Waals surface area contributed by atoms with Gasteiger partial charge >= 0.3 is 5.97 Å². The minimum Gasteiger partial charge on any atom is -0.464 e. The smallest absolute Gasteiger partial charge is 0.356 e. The zero-order valence-electron chi connectivity index (χ0n) is 17.9. The molecule has 0 bridgehead atoms. The molecular formula is C25H19N3O4S. The molecule has 0 fully saturated rings. The lowest BCUT2D eigenvalue weighted by molar-refractivity contribution is 0.0594. The quantitative estimate of drug-likeness (QED) is 0.368. The summed E-state index contributed by atoms with van der Waals surface area (Å²) in [5, 5.41) is 0.736. The molecular weight excluding hydrogens is 438 g/mol. The molecule has 4 rings (SSSR count). The Morgan fingerprint density at radius 2 is 1.79 bits per heavy atom. The Bertz CT molecular complexity index is 1520. The predicted molar refractivity (Wildman–Crippen MR) is 125 cm³/mol. The minimum atomic E-state index is -3.94. The highest BCUT2D eigenvalue weighted by molar-refractivity contribution is 7.93. The third-order valence-corrected chi connectivity index (χ3v) is 6.41. The van der Waals surface area contributed by atoms with Gasteiger partial charge in [0.1, 0.15) is 10.6 Å². The number of hydrogen-bond donors (Lipinski definition) is 1. The van der Waals surface area contributed by atoms with Crippen molar-refractivity contribution in [2.45, 2.75) is 11.8 Å². The lowest BCUT2D eigenvalue weighted by atomic mass is 10.1. The van der Waals surface area contributed by atoms with Gasteiger partial charge in [-0.3, -0.25) is 9.71 Å². The van der Waals surface area contributed by atoms with E-state index in [1.807, 2.05) is 12.1 Å². The zero-order valence-corrected chi connectivity index (χ0v) is 18.7. The molecule has 0 aliphatic heterocycles. The maximum Gasteiger partial charge on any atom is 0.356 e. The fourth-order valence-corrected chi connectivity index (χ4v) is 4.75. The number of benzene rings is 2. The van der Waals surface area contributed by atoms with Gasteiger partial charge in [-0.15, -0.1) is 0 Å². The number of carbonyl (C=O) groups excluding carboxylic acids is 1. The van der Waals surface area contributed by atoms with Crippen LogP contribution in [-0.2, 0) is 14.8 Å². The SMILES string of the molecule is COC(=O)c1ccc(C#Cc2ccccc2NS(=O)(=O)c2c(C)ccc3cccnc23)cn1. The standard InChI is InChI=1S/C25H19N3O4S/c1-17-9-12-20-7-5-15-26-23(20)24(17)33(30,31)28-21-8-4-3-6-19(21)13-10-18-11-14-22(27-16-18)25(29)32-2/h3-9,11-12,14-16,28H,1-2H3. The van der Waals surface area contributed by atoms with Crippen molar-refractivity contribution >= 4 is 32.6 Å². The molecule has 1 N–H and O–H groups in total. The molecule has 2 aromatic heterocycles. The fraction of sp³-hybridized carbons (Fsp3) is 0.0800. The van der Waals surface area contributed by atoms with Crippen LogP contribution < -0.4 is 4.72 Å². The Kier molecular flexibility index (Phi) is 6.07. The average Bonchev–Trinajstić information content (AvgIpc) is 2.82. The molecule has 0 aliphatic carbocycles. The highest BCUT2D eigenvalue weighted by Crippen LogP contribution is 2.27. The molecule has 0 aliphatic rings. The number of ether oxygens (including phenoxy) is 1. The van der Waals surface area contributed by atoms with E-state index in [-0.39, 0.29) is 10.6 Å². The van der Waals surface area contributed by atoms with Crippen molar-refractivity contribution in [2.75, 3.05) is 11.8 Å². The Hall–Kier alpha value is -4.22. The largest absolute Gasteiger partial charge is 0.464 e. The number of rotatable bonds is 4. The van der Waals surface area contributed by atoms with E-state index in [2.05, 4.69) is 31.3 Å². The van der Waals surface area contributed by atoms with Crippen LogP contribution in [0.2, 0.25) is 0 Å². The van der Waals surface area contributed by atoms with E-state index in [9.17, 15) is 13.2 Å². The lowest BCUT2D eigenvalue weighted by Gasteiger charge is -2.13. The van der Waals surface area contributed by atoms with Crippen molar-refractivity contribution in [3.63, 3.8) is 0 Å². The van der Waals surface area contributed by atoms with Crippen LogP contribution in [0.5, 0.6) is 0 Å². The second-order valence-corrected chi connectivity index (χ2v) is 8.73. The van der Waals surface area contributed by atoms with E-state index in [0.717, 1.165) is 5.39 Å². The van der Waals surface area contributed by atoms with E-state index >= 15 is 0 Å². The number of pyridine rings is 2. The van der Waals surface area contributed by atoms with Crippen LogP contribution in [0, 0.1) is 18.8 Å². The first-order valence-corrected chi connectivity index (χ1v) is 11.4. The summed E-state index contributed by atoms with van der Waals surface area (Å²) in [6, 6.07) is 17.2. The van der Waals surface area contributed by atoms with E-state index < -0.39 is 16.0 Å². The fourth-order valence-electron chi connectivity index (χ4n) is 3.27. The molecule has 0 radical (unpaired) electrons. The summed E-state index contributed by atoms with van der Waals surface area (Å²) in [6.45, 7) is 1.74. The van der Waals surface area contributed by atoms with E-state index in [4.69, 9.17) is 0 Å². The number of nitrogens with one attached hydrogen (secondary N) is 1. The number of para-hydroxylation sites is 1. The number of nitrogens with zero attached hydrogens (tertiary/aromatic N) is 2. The van der Waals surface area contributed by atoms with Crippen molar-refractivity contribution in [3.05, 3.63) is 95.4 Å². The third-order valence-electron chi connectivity index (χ3n) is 4.86. The van der Waals surface area contributed by atoms with Gasteiger partial charge in [-0.2, -0.15) is 0 Å². The van der Waals surface area contributed by atoms with Crippen molar-refractivity contribution in [2.24, 2.45) is 0 Å². The van der Waals surface area contributed by atoms with Gasteiger partial charge in [-0.25, -0.2) is 18.2 Å². The number of aromatic nitrogens is 2. The Morgan fingerprint density at radius 1 is 0.970 bits per heavy atom. The van der Waals surface area contributed by atoms with Crippen molar-refractivity contribution in [3.8, 4) is 11.8 Å². The summed E-state index contributed by atoms with van der Waals surface area (Å²) in [6.07, 6.45) is 3.02. The van der Waals surface area contributed by atoms with Crippen LogP contribution in [0.1, 0.15) is 27.2 Å². The van der Waals surface area contributed by atoms with E-state index in [1.54, 1.807) is 55.6 Å². The molecule has 2 aromatic carbocycles. The maximum absolute atomic E-state index is 13.3. The molecule has 164 valence electrons. The van der Waals surface area contributed by atoms with Gasteiger partial charge in [0, 0.05) is 28.9 Å². The first-order valence-electron chi connectivity index (χ1n) is 9.91. The van der Waals surface area contributed by atoms with Crippen molar-refractivity contribution in [1.82, 2.24) is 9.97 Å². The number of carbonyl (C=O) groups is 1. The van der Waals surface area contributed by atoms with Crippen LogP contribution in [-0.4, -0.2) is 31.5 Å². The number of methoxy groups -OCH3 is 1. The van der Waals surface area contributed by atoms with Gasteiger partial charge in [-0.1, -0.05) is 42.2 Å². The highest BCUT2D eigenvalue weighted by atomic mass is 32.2. The molecule has 7 nitrogen and oxygen atoms in total. The Morgan fingerprint density at radius 3 is 2.55 bits per heavy atom. The second kappa shape index (κ2) is 9.10. The molecule has 0 atom stereocenters. The molecule has 0 spiro atoms. The number of anilines is 1. The summed E-state index contributed by atoms with van der Waals surface area (Å²) >= 11 is 0. The van der Waals surface area contributed by atoms with E-state index in [1.165, 1.54) is 19.4 Å². The molecule has 33 heavy (non-hydrogen) atoms. The summed E-state index contributed by atoms with van der Waals surface area (Å²) < 4.78 is 34.0. The number of aryl methyl sites for hydroxylation is 1. The first-order chi connectivity index (χ1) is 15.9.